The third-order valence-corrected chi connectivity index (χ3v) is 5.18. The van der Waals surface area contributed by atoms with Gasteiger partial charge in [-0.2, -0.15) is 0 Å². The van der Waals surface area contributed by atoms with Gasteiger partial charge in [0.1, 0.15) is 5.69 Å². The van der Waals surface area contributed by atoms with Crippen LogP contribution in [0.5, 0.6) is 0 Å². The summed E-state index contributed by atoms with van der Waals surface area (Å²) < 4.78 is 0. The van der Waals surface area contributed by atoms with Gasteiger partial charge >= 0.3 is 11.8 Å². The molecule has 31 heavy (non-hydrogen) atoms. The predicted octanol–water partition coefficient (Wildman–Crippen LogP) is 1.91. The molecule has 1 aliphatic rings. The number of nitro benzene ring substituents is 1. The van der Waals surface area contributed by atoms with E-state index in [1.807, 2.05) is 0 Å². The fourth-order valence-electron chi connectivity index (χ4n) is 3.41. The number of piperidine rings is 1. The van der Waals surface area contributed by atoms with Crippen LogP contribution in [-0.4, -0.2) is 52.2 Å². The van der Waals surface area contributed by atoms with E-state index in [-0.39, 0.29) is 23.2 Å². The molecule has 0 bridgehead atoms. The van der Waals surface area contributed by atoms with E-state index in [4.69, 9.17) is 0 Å². The molecule has 10 heteroatoms. The van der Waals surface area contributed by atoms with Crippen molar-refractivity contribution in [3.05, 3.63) is 64.0 Å². The maximum absolute atomic E-state index is 12.5. The van der Waals surface area contributed by atoms with Crippen LogP contribution in [0.2, 0.25) is 0 Å². The Morgan fingerprint density at radius 2 is 1.81 bits per heavy atom. The van der Waals surface area contributed by atoms with Gasteiger partial charge in [0, 0.05) is 43.7 Å². The Bertz CT molecular complexity index is 987. The molecule has 1 fully saturated rings. The molecule has 10 nitrogen and oxygen atoms in total. The largest absolute Gasteiger partial charge is 0.348 e. The molecular weight excluding hydrogens is 402 g/mol. The fourth-order valence-corrected chi connectivity index (χ4v) is 3.41. The number of benzene rings is 1. The van der Waals surface area contributed by atoms with Crippen molar-refractivity contribution >= 4 is 29.1 Å². The first-order valence-electron chi connectivity index (χ1n) is 9.88. The first kappa shape index (κ1) is 21.9. The summed E-state index contributed by atoms with van der Waals surface area (Å²) in [5, 5.41) is 16.0. The van der Waals surface area contributed by atoms with Gasteiger partial charge in [0.25, 0.3) is 11.6 Å². The van der Waals surface area contributed by atoms with Crippen LogP contribution in [0.4, 0.5) is 11.4 Å². The standard InChI is InChI=1S/C21H23N5O5/c1-14-2-3-17(18(12-14)26(30)31)24-20(28)19(27)23-13-15-6-10-25(11-7-15)21(29)16-4-8-22-9-5-16/h2-5,8-9,12,15H,6-7,10-11,13H2,1H3,(H,23,27)(H,24,28). The first-order valence-corrected chi connectivity index (χ1v) is 9.88. The molecule has 0 atom stereocenters. The van der Waals surface area contributed by atoms with Gasteiger partial charge < -0.3 is 15.5 Å². The average molecular weight is 425 g/mol. The zero-order chi connectivity index (χ0) is 22.4. The molecule has 0 unspecified atom stereocenters. The van der Waals surface area contributed by atoms with Crippen molar-refractivity contribution in [3.63, 3.8) is 0 Å². The van der Waals surface area contributed by atoms with Gasteiger partial charge in [-0.15, -0.1) is 0 Å². The van der Waals surface area contributed by atoms with Gasteiger partial charge in [-0.05, 0) is 49.4 Å². The molecule has 2 aromatic rings. The van der Waals surface area contributed by atoms with Gasteiger partial charge in [0.05, 0.1) is 4.92 Å². The number of carbonyl (C=O) groups excluding carboxylic acids is 3. The van der Waals surface area contributed by atoms with Gasteiger partial charge in [0.2, 0.25) is 0 Å². The Morgan fingerprint density at radius 3 is 2.45 bits per heavy atom. The highest BCUT2D eigenvalue weighted by molar-refractivity contribution is 6.39. The Hall–Kier alpha value is -3.82. The molecule has 162 valence electrons. The second kappa shape index (κ2) is 9.79. The molecule has 1 aromatic heterocycles. The number of pyridine rings is 1. The number of aryl methyl sites for hydroxylation is 1. The summed E-state index contributed by atoms with van der Waals surface area (Å²) in [5.41, 5.74) is 0.956. The van der Waals surface area contributed by atoms with Crippen LogP contribution in [0.25, 0.3) is 0 Å². The van der Waals surface area contributed by atoms with Crippen LogP contribution >= 0.6 is 0 Å². The third kappa shape index (κ3) is 5.62. The van der Waals surface area contributed by atoms with Crippen molar-refractivity contribution in [1.82, 2.24) is 15.2 Å². The summed E-state index contributed by atoms with van der Waals surface area (Å²) in [6.07, 6.45) is 4.54. The van der Waals surface area contributed by atoms with Crippen LogP contribution in [0, 0.1) is 23.0 Å². The van der Waals surface area contributed by atoms with Crippen molar-refractivity contribution in [2.75, 3.05) is 25.0 Å². The number of carbonyl (C=O) groups is 3. The maximum Gasteiger partial charge on any atom is 0.313 e. The van der Waals surface area contributed by atoms with E-state index in [0.29, 0.717) is 43.6 Å². The number of amides is 3. The minimum Gasteiger partial charge on any atom is -0.348 e. The topological polar surface area (TPSA) is 135 Å². The molecule has 0 saturated carbocycles. The highest BCUT2D eigenvalue weighted by Crippen LogP contribution is 2.25. The van der Waals surface area contributed by atoms with E-state index in [1.54, 1.807) is 42.4 Å². The number of aromatic nitrogens is 1. The molecule has 0 aliphatic carbocycles. The SMILES string of the molecule is Cc1ccc(NC(=O)C(=O)NCC2CCN(C(=O)c3ccncc3)CC2)c([N+](=O)[O-])c1. The van der Waals surface area contributed by atoms with Crippen LogP contribution in [0.1, 0.15) is 28.8 Å². The Labute approximate surface area is 178 Å². The van der Waals surface area contributed by atoms with Crippen LogP contribution in [0.15, 0.2) is 42.7 Å². The maximum atomic E-state index is 12.5. The quantitative estimate of drug-likeness (QED) is 0.427. The van der Waals surface area contributed by atoms with Crippen LogP contribution < -0.4 is 10.6 Å². The van der Waals surface area contributed by atoms with Gasteiger partial charge in [-0.3, -0.25) is 29.5 Å². The molecule has 3 rings (SSSR count). The number of anilines is 1. The minimum absolute atomic E-state index is 0.0290. The smallest absolute Gasteiger partial charge is 0.313 e. The lowest BCUT2D eigenvalue weighted by atomic mass is 9.96. The van der Waals surface area contributed by atoms with E-state index in [2.05, 4.69) is 15.6 Å². The lowest BCUT2D eigenvalue weighted by Gasteiger charge is -2.32. The molecular formula is C21H23N5O5. The molecule has 1 saturated heterocycles. The lowest BCUT2D eigenvalue weighted by Crippen LogP contribution is -2.43. The van der Waals surface area contributed by atoms with Crippen molar-refractivity contribution in [3.8, 4) is 0 Å². The Morgan fingerprint density at radius 1 is 1.13 bits per heavy atom. The van der Waals surface area contributed by atoms with Gasteiger partial charge in [-0.25, -0.2) is 0 Å². The molecule has 1 aliphatic heterocycles. The zero-order valence-electron chi connectivity index (χ0n) is 17.0. The van der Waals surface area contributed by atoms with E-state index < -0.39 is 16.7 Å². The van der Waals surface area contributed by atoms with E-state index in [0.717, 1.165) is 0 Å². The van der Waals surface area contributed by atoms with Crippen molar-refractivity contribution in [2.24, 2.45) is 5.92 Å². The third-order valence-electron chi connectivity index (χ3n) is 5.18. The monoisotopic (exact) mass is 425 g/mol. The number of nitrogens with zero attached hydrogens (tertiary/aromatic N) is 3. The highest BCUT2D eigenvalue weighted by Gasteiger charge is 2.25. The van der Waals surface area contributed by atoms with Gasteiger partial charge in [0.15, 0.2) is 0 Å². The predicted molar refractivity (Wildman–Crippen MR) is 112 cm³/mol. The first-order chi connectivity index (χ1) is 14.8. The van der Waals surface area contributed by atoms with Gasteiger partial charge in [-0.1, -0.05) is 6.07 Å². The zero-order valence-corrected chi connectivity index (χ0v) is 17.0. The van der Waals surface area contributed by atoms with Crippen molar-refractivity contribution in [2.45, 2.75) is 19.8 Å². The highest BCUT2D eigenvalue weighted by atomic mass is 16.6. The second-order valence-electron chi connectivity index (χ2n) is 7.41. The average Bonchev–Trinajstić information content (AvgIpc) is 2.78. The second-order valence-corrected chi connectivity index (χ2v) is 7.41. The number of nitrogens with one attached hydrogen (secondary N) is 2. The Kier molecular flexibility index (Phi) is 6.91. The summed E-state index contributed by atoms with van der Waals surface area (Å²) >= 11 is 0. The number of likely N-dealkylation sites (tertiary alicyclic amines) is 1. The van der Waals surface area contributed by atoms with Crippen LogP contribution in [-0.2, 0) is 9.59 Å². The molecule has 2 N–H and O–H groups in total. The number of hydrogen-bond acceptors (Lipinski definition) is 6. The molecule has 1 aromatic carbocycles. The van der Waals surface area contributed by atoms with E-state index in [9.17, 15) is 24.5 Å². The summed E-state index contributed by atoms with van der Waals surface area (Å²) in [6.45, 7) is 3.10. The number of hydrogen-bond donors (Lipinski definition) is 2. The summed E-state index contributed by atoms with van der Waals surface area (Å²) in [5.74, 6) is -1.74. The van der Waals surface area contributed by atoms with Crippen molar-refractivity contribution in [1.29, 1.82) is 0 Å². The van der Waals surface area contributed by atoms with Crippen LogP contribution in [0.3, 0.4) is 0 Å². The number of nitro groups is 1. The molecule has 2 heterocycles. The molecule has 0 radical (unpaired) electrons. The Balaban J connectivity index is 1.47. The summed E-state index contributed by atoms with van der Waals surface area (Å²) in [4.78, 5) is 52.9. The summed E-state index contributed by atoms with van der Waals surface area (Å²) in [6, 6.07) is 7.68. The number of rotatable bonds is 5. The summed E-state index contributed by atoms with van der Waals surface area (Å²) in [7, 11) is 0. The van der Waals surface area contributed by atoms with E-state index >= 15 is 0 Å². The fraction of sp³-hybridized carbons (Fsp3) is 0.333. The molecule has 3 amide bonds. The lowest BCUT2D eigenvalue weighted by molar-refractivity contribution is -0.384. The molecule has 0 spiro atoms. The normalized spacial score (nSPS) is 14.0. The minimum atomic E-state index is -0.961. The van der Waals surface area contributed by atoms with E-state index in [1.165, 1.54) is 12.1 Å². The van der Waals surface area contributed by atoms with Crippen molar-refractivity contribution < 1.29 is 19.3 Å².